The Hall–Kier alpha value is -2.10. The van der Waals surface area contributed by atoms with Gasteiger partial charge in [0.05, 0.1) is 6.04 Å². The first kappa shape index (κ1) is 17.7. The summed E-state index contributed by atoms with van der Waals surface area (Å²) in [6.07, 6.45) is 2.06. The Labute approximate surface area is 151 Å². The average molecular weight is 336 g/mol. The Morgan fingerprint density at radius 2 is 1.76 bits per heavy atom. The molecule has 3 heteroatoms. The SMILES string of the molecule is C=C[C@H](c1cc(C)c(OCc2ccccc2)c(C)c1)N1CCNCC1. The first-order chi connectivity index (χ1) is 12.2. The van der Waals surface area contributed by atoms with E-state index in [2.05, 4.69) is 61.0 Å². The third kappa shape index (κ3) is 4.30. The minimum Gasteiger partial charge on any atom is -0.488 e. The summed E-state index contributed by atoms with van der Waals surface area (Å²) in [6, 6.07) is 15.1. The van der Waals surface area contributed by atoms with Crippen molar-refractivity contribution in [2.24, 2.45) is 0 Å². The minimum absolute atomic E-state index is 0.266. The Morgan fingerprint density at radius 3 is 2.36 bits per heavy atom. The summed E-state index contributed by atoms with van der Waals surface area (Å²) in [5, 5.41) is 3.41. The van der Waals surface area contributed by atoms with E-state index in [1.165, 1.54) is 22.3 Å². The Morgan fingerprint density at radius 1 is 1.12 bits per heavy atom. The molecule has 0 aromatic heterocycles. The van der Waals surface area contributed by atoms with E-state index >= 15 is 0 Å². The lowest BCUT2D eigenvalue weighted by Crippen LogP contribution is -2.44. The summed E-state index contributed by atoms with van der Waals surface area (Å²) < 4.78 is 6.12. The smallest absolute Gasteiger partial charge is 0.125 e. The number of ether oxygens (including phenoxy) is 1. The molecule has 3 nitrogen and oxygen atoms in total. The van der Waals surface area contributed by atoms with Gasteiger partial charge in [-0.15, -0.1) is 6.58 Å². The van der Waals surface area contributed by atoms with Crippen LogP contribution in [0.5, 0.6) is 5.75 Å². The fraction of sp³-hybridized carbons (Fsp3) is 0.364. The zero-order chi connectivity index (χ0) is 17.6. The lowest BCUT2D eigenvalue weighted by atomic mass is 9.98. The molecule has 25 heavy (non-hydrogen) atoms. The molecule has 0 radical (unpaired) electrons. The third-order valence-corrected chi connectivity index (χ3v) is 4.82. The molecule has 2 aromatic carbocycles. The summed E-state index contributed by atoms with van der Waals surface area (Å²) >= 11 is 0. The van der Waals surface area contributed by atoms with Gasteiger partial charge in [-0.3, -0.25) is 4.90 Å². The van der Waals surface area contributed by atoms with Crippen LogP contribution in [-0.4, -0.2) is 31.1 Å². The molecule has 1 atom stereocenters. The van der Waals surface area contributed by atoms with Crippen LogP contribution in [0.4, 0.5) is 0 Å². The summed E-state index contributed by atoms with van der Waals surface area (Å²) in [7, 11) is 0. The maximum absolute atomic E-state index is 6.12. The van der Waals surface area contributed by atoms with Crippen LogP contribution in [0.3, 0.4) is 0 Å². The van der Waals surface area contributed by atoms with Gasteiger partial charge < -0.3 is 10.1 Å². The molecule has 0 amide bonds. The number of nitrogens with one attached hydrogen (secondary N) is 1. The molecule has 132 valence electrons. The Kier molecular flexibility index (Phi) is 5.90. The van der Waals surface area contributed by atoms with E-state index in [4.69, 9.17) is 4.74 Å². The predicted octanol–water partition coefficient (Wildman–Crippen LogP) is 4.01. The van der Waals surface area contributed by atoms with Crippen LogP contribution in [0.15, 0.2) is 55.1 Å². The molecule has 1 heterocycles. The van der Waals surface area contributed by atoms with E-state index in [1.807, 2.05) is 18.2 Å². The second-order valence-corrected chi connectivity index (χ2v) is 6.72. The highest BCUT2D eigenvalue weighted by Gasteiger charge is 2.21. The molecule has 1 saturated heterocycles. The van der Waals surface area contributed by atoms with E-state index in [1.54, 1.807) is 0 Å². The summed E-state index contributed by atoms with van der Waals surface area (Å²) in [6.45, 7) is 13.1. The maximum atomic E-state index is 6.12. The van der Waals surface area contributed by atoms with E-state index in [0.29, 0.717) is 6.61 Å². The molecule has 1 aliphatic heterocycles. The van der Waals surface area contributed by atoms with Crippen molar-refractivity contribution < 1.29 is 4.74 Å². The average Bonchev–Trinajstić information content (AvgIpc) is 2.63. The monoisotopic (exact) mass is 336 g/mol. The van der Waals surface area contributed by atoms with Gasteiger partial charge >= 0.3 is 0 Å². The largest absolute Gasteiger partial charge is 0.488 e. The molecule has 1 fully saturated rings. The molecular weight excluding hydrogens is 308 g/mol. The van der Waals surface area contributed by atoms with Gasteiger partial charge in [-0.25, -0.2) is 0 Å². The van der Waals surface area contributed by atoms with Crippen molar-refractivity contribution in [1.29, 1.82) is 0 Å². The standard InChI is InChI=1S/C22H28N2O/c1-4-21(24-12-10-23-11-13-24)20-14-17(2)22(18(3)15-20)25-16-19-8-6-5-7-9-19/h4-9,14-15,21,23H,1,10-13,16H2,2-3H3/t21-/m1/s1. The van der Waals surface area contributed by atoms with Crippen molar-refractivity contribution in [3.63, 3.8) is 0 Å². The number of rotatable bonds is 6. The quantitative estimate of drug-likeness (QED) is 0.807. The van der Waals surface area contributed by atoms with Crippen LogP contribution >= 0.6 is 0 Å². The van der Waals surface area contributed by atoms with Gasteiger partial charge in [0, 0.05) is 26.2 Å². The van der Waals surface area contributed by atoms with E-state index in [0.717, 1.165) is 31.9 Å². The van der Waals surface area contributed by atoms with Gasteiger partial charge in [0.25, 0.3) is 0 Å². The number of piperazine rings is 1. The van der Waals surface area contributed by atoms with E-state index in [-0.39, 0.29) is 6.04 Å². The molecular formula is C22H28N2O. The van der Waals surface area contributed by atoms with Gasteiger partial charge in [0.15, 0.2) is 0 Å². The molecule has 0 spiro atoms. The predicted molar refractivity (Wildman–Crippen MR) is 104 cm³/mol. The van der Waals surface area contributed by atoms with Crippen molar-refractivity contribution in [3.05, 3.63) is 77.4 Å². The van der Waals surface area contributed by atoms with Crippen molar-refractivity contribution in [3.8, 4) is 5.75 Å². The van der Waals surface area contributed by atoms with Crippen molar-refractivity contribution in [1.82, 2.24) is 10.2 Å². The molecule has 0 unspecified atom stereocenters. The third-order valence-electron chi connectivity index (χ3n) is 4.82. The van der Waals surface area contributed by atoms with Crippen LogP contribution in [0, 0.1) is 13.8 Å². The van der Waals surface area contributed by atoms with Crippen LogP contribution in [-0.2, 0) is 6.61 Å². The molecule has 0 saturated carbocycles. The highest BCUT2D eigenvalue weighted by atomic mass is 16.5. The van der Waals surface area contributed by atoms with Crippen LogP contribution in [0.25, 0.3) is 0 Å². The highest BCUT2D eigenvalue weighted by molar-refractivity contribution is 5.45. The molecule has 1 aliphatic rings. The minimum atomic E-state index is 0.266. The lowest BCUT2D eigenvalue weighted by molar-refractivity contribution is 0.203. The molecule has 3 rings (SSSR count). The number of hydrogen-bond acceptors (Lipinski definition) is 3. The molecule has 0 aliphatic carbocycles. The fourth-order valence-electron chi connectivity index (χ4n) is 3.57. The van der Waals surface area contributed by atoms with E-state index in [9.17, 15) is 0 Å². The topological polar surface area (TPSA) is 24.5 Å². The number of benzene rings is 2. The van der Waals surface area contributed by atoms with Gasteiger partial charge in [-0.2, -0.15) is 0 Å². The van der Waals surface area contributed by atoms with Crippen molar-refractivity contribution >= 4 is 0 Å². The zero-order valence-corrected chi connectivity index (χ0v) is 15.3. The number of aryl methyl sites for hydroxylation is 2. The number of hydrogen-bond donors (Lipinski definition) is 1. The molecule has 2 aromatic rings. The Bertz CT molecular complexity index is 682. The normalized spacial score (nSPS) is 16.4. The summed E-state index contributed by atoms with van der Waals surface area (Å²) in [5.41, 5.74) is 4.87. The highest BCUT2D eigenvalue weighted by Crippen LogP contribution is 2.31. The van der Waals surface area contributed by atoms with Gasteiger partial charge in [0.1, 0.15) is 12.4 Å². The second kappa shape index (κ2) is 8.32. The molecule has 0 bridgehead atoms. The molecule has 1 N–H and O–H groups in total. The summed E-state index contributed by atoms with van der Waals surface area (Å²) in [4.78, 5) is 2.49. The van der Waals surface area contributed by atoms with Crippen molar-refractivity contribution in [2.45, 2.75) is 26.5 Å². The fourth-order valence-corrected chi connectivity index (χ4v) is 3.57. The van der Waals surface area contributed by atoms with Gasteiger partial charge in [-0.05, 0) is 36.1 Å². The van der Waals surface area contributed by atoms with Crippen molar-refractivity contribution in [2.75, 3.05) is 26.2 Å². The van der Waals surface area contributed by atoms with Gasteiger partial charge in [-0.1, -0.05) is 48.5 Å². The summed E-state index contributed by atoms with van der Waals surface area (Å²) in [5.74, 6) is 0.996. The maximum Gasteiger partial charge on any atom is 0.125 e. The van der Waals surface area contributed by atoms with E-state index < -0.39 is 0 Å². The zero-order valence-electron chi connectivity index (χ0n) is 15.3. The van der Waals surface area contributed by atoms with Crippen LogP contribution in [0.2, 0.25) is 0 Å². The second-order valence-electron chi connectivity index (χ2n) is 6.72. The van der Waals surface area contributed by atoms with Crippen LogP contribution in [0.1, 0.15) is 28.3 Å². The Balaban J connectivity index is 1.77. The van der Waals surface area contributed by atoms with Crippen LogP contribution < -0.4 is 10.1 Å². The lowest BCUT2D eigenvalue weighted by Gasteiger charge is -2.34. The first-order valence-corrected chi connectivity index (χ1v) is 9.04. The van der Waals surface area contributed by atoms with Gasteiger partial charge in [0.2, 0.25) is 0 Å². The first-order valence-electron chi connectivity index (χ1n) is 9.04. The number of nitrogens with zero attached hydrogens (tertiary/aromatic N) is 1.